The van der Waals surface area contributed by atoms with Gasteiger partial charge in [-0.15, -0.1) is 0 Å². The first kappa shape index (κ1) is 15.8. The summed E-state index contributed by atoms with van der Waals surface area (Å²) in [5.74, 6) is 1.68. The van der Waals surface area contributed by atoms with E-state index in [0.29, 0.717) is 6.04 Å². The first-order valence-corrected chi connectivity index (χ1v) is 7.96. The van der Waals surface area contributed by atoms with Crippen molar-refractivity contribution in [1.82, 2.24) is 5.32 Å². The summed E-state index contributed by atoms with van der Waals surface area (Å²) in [5.41, 5.74) is 1.38. The predicted octanol–water partition coefficient (Wildman–Crippen LogP) is 4.94. The van der Waals surface area contributed by atoms with Gasteiger partial charge in [-0.3, -0.25) is 0 Å². The normalized spacial score (nSPS) is 12.8. The maximum Gasteiger partial charge on any atom is 0.126 e. The Bertz CT molecular complexity index is 577. The molecule has 114 valence electrons. The molecule has 0 radical (unpaired) electrons. The lowest BCUT2D eigenvalue weighted by molar-refractivity contribution is 0.419. The van der Waals surface area contributed by atoms with E-state index in [1.807, 2.05) is 0 Å². The van der Waals surface area contributed by atoms with Gasteiger partial charge in [0.25, 0.3) is 0 Å². The van der Waals surface area contributed by atoms with Crippen LogP contribution in [0.25, 0.3) is 10.8 Å². The molecule has 1 atom stereocenters. The first-order chi connectivity index (χ1) is 10.2. The van der Waals surface area contributed by atoms with Crippen LogP contribution in [-0.4, -0.2) is 13.7 Å². The van der Waals surface area contributed by atoms with E-state index >= 15 is 0 Å². The molecule has 0 aliphatic rings. The number of nitrogens with one attached hydrogen (secondary N) is 1. The van der Waals surface area contributed by atoms with Gasteiger partial charge in [0, 0.05) is 11.4 Å². The van der Waals surface area contributed by atoms with Gasteiger partial charge in [0.15, 0.2) is 0 Å². The van der Waals surface area contributed by atoms with Crippen LogP contribution in [0, 0.1) is 5.92 Å². The molecule has 0 amide bonds. The molecule has 1 unspecified atom stereocenters. The van der Waals surface area contributed by atoms with E-state index in [1.165, 1.54) is 29.2 Å². The second-order valence-electron chi connectivity index (χ2n) is 5.98. The van der Waals surface area contributed by atoms with Crippen molar-refractivity contribution in [1.29, 1.82) is 0 Å². The summed E-state index contributed by atoms with van der Waals surface area (Å²) in [6, 6.07) is 13.2. The second kappa shape index (κ2) is 7.46. The lowest BCUT2D eigenvalue weighted by Gasteiger charge is -2.22. The van der Waals surface area contributed by atoms with Crippen LogP contribution in [0.2, 0.25) is 0 Å². The van der Waals surface area contributed by atoms with Gasteiger partial charge < -0.3 is 10.1 Å². The Kier molecular flexibility index (Phi) is 5.63. The Balaban J connectivity index is 2.42. The summed E-state index contributed by atoms with van der Waals surface area (Å²) in [6.07, 6.45) is 2.40. The quantitative estimate of drug-likeness (QED) is 0.778. The molecule has 0 aromatic heterocycles. The van der Waals surface area contributed by atoms with Crippen molar-refractivity contribution in [3.8, 4) is 5.75 Å². The van der Waals surface area contributed by atoms with E-state index in [-0.39, 0.29) is 0 Å². The fraction of sp³-hybridized carbons (Fsp3) is 0.474. The van der Waals surface area contributed by atoms with E-state index in [9.17, 15) is 0 Å². The Morgan fingerprint density at radius 3 is 2.33 bits per heavy atom. The van der Waals surface area contributed by atoms with Gasteiger partial charge in [0.05, 0.1) is 7.11 Å². The van der Waals surface area contributed by atoms with Crippen LogP contribution in [0.1, 0.15) is 45.2 Å². The van der Waals surface area contributed by atoms with Gasteiger partial charge in [-0.25, -0.2) is 0 Å². The predicted molar refractivity (Wildman–Crippen MR) is 91.0 cm³/mol. The number of hydrogen-bond acceptors (Lipinski definition) is 2. The molecule has 0 aliphatic heterocycles. The summed E-state index contributed by atoms with van der Waals surface area (Å²) in [6.45, 7) is 7.74. The average molecular weight is 285 g/mol. The highest BCUT2D eigenvalue weighted by Crippen LogP contribution is 2.33. The number of ether oxygens (including phenoxy) is 1. The zero-order valence-electron chi connectivity index (χ0n) is 13.6. The minimum atomic E-state index is 0.410. The highest BCUT2D eigenvalue weighted by Gasteiger charge is 2.15. The molecule has 2 rings (SSSR count). The smallest absolute Gasteiger partial charge is 0.126 e. The summed E-state index contributed by atoms with van der Waals surface area (Å²) in [5, 5.41) is 6.14. The zero-order chi connectivity index (χ0) is 15.2. The Morgan fingerprint density at radius 2 is 1.71 bits per heavy atom. The molecule has 2 aromatic carbocycles. The van der Waals surface area contributed by atoms with E-state index in [1.54, 1.807) is 7.11 Å². The topological polar surface area (TPSA) is 21.3 Å². The summed E-state index contributed by atoms with van der Waals surface area (Å²) in [4.78, 5) is 0. The highest BCUT2D eigenvalue weighted by molar-refractivity contribution is 5.91. The fourth-order valence-electron chi connectivity index (χ4n) is 2.89. The zero-order valence-corrected chi connectivity index (χ0v) is 13.6. The first-order valence-electron chi connectivity index (χ1n) is 7.96. The van der Waals surface area contributed by atoms with E-state index < -0.39 is 0 Å². The van der Waals surface area contributed by atoms with Crippen LogP contribution in [0.15, 0.2) is 36.4 Å². The van der Waals surface area contributed by atoms with Gasteiger partial charge >= 0.3 is 0 Å². The minimum Gasteiger partial charge on any atom is -0.496 e. The molecular weight excluding hydrogens is 258 g/mol. The number of hydrogen-bond donors (Lipinski definition) is 1. The third kappa shape index (κ3) is 3.76. The van der Waals surface area contributed by atoms with Crippen LogP contribution in [0.3, 0.4) is 0 Å². The fourth-order valence-corrected chi connectivity index (χ4v) is 2.89. The number of benzene rings is 2. The molecule has 2 nitrogen and oxygen atoms in total. The Hall–Kier alpha value is -1.54. The van der Waals surface area contributed by atoms with Crippen LogP contribution in [0.4, 0.5) is 0 Å². The Labute approximate surface area is 128 Å². The maximum atomic E-state index is 5.50. The molecular formula is C19H27NO. The third-order valence-corrected chi connectivity index (χ3v) is 4.00. The van der Waals surface area contributed by atoms with Crippen LogP contribution >= 0.6 is 0 Å². The van der Waals surface area contributed by atoms with Gasteiger partial charge in [-0.05, 0) is 42.3 Å². The molecule has 0 spiro atoms. The van der Waals surface area contributed by atoms with E-state index in [0.717, 1.165) is 18.2 Å². The standard InChI is InChI=1S/C19H27NO/c1-5-20-18(12-10-14(2)3)16-11-13-19(21-4)17-9-7-6-8-15(16)17/h6-9,11,13-14,18,20H,5,10,12H2,1-4H3. The van der Waals surface area contributed by atoms with Crippen LogP contribution < -0.4 is 10.1 Å². The van der Waals surface area contributed by atoms with Crippen molar-refractivity contribution >= 4 is 10.8 Å². The van der Waals surface area contributed by atoms with E-state index in [2.05, 4.69) is 62.5 Å². The van der Waals surface area contributed by atoms with Crippen molar-refractivity contribution in [2.45, 2.75) is 39.7 Å². The lowest BCUT2D eigenvalue weighted by Crippen LogP contribution is -2.21. The molecule has 0 heterocycles. The molecule has 2 aromatic rings. The summed E-state index contributed by atoms with van der Waals surface area (Å²) < 4.78 is 5.50. The SMILES string of the molecule is CCNC(CCC(C)C)c1ccc(OC)c2ccccc12. The molecule has 0 saturated carbocycles. The summed E-state index contributed by atoms with van der Waals surface area (Å²) >= 11 is 0. The molecule has 21 heavy (non-hydrogen) atoms. The highest BCUT2D eigenvalue weighted by atomic mass is 16.5. The van der Waals surface area contributed by atoms with Gasteiger partial charge in [-0.1, -0.05) is 51.1 Å². The third-order valence-electron chi connectivity index (χ3n) is 4.00. The maximum absolute atomic E-state index is 5.50. The molecule has 0 saturated heterocycles. The monoisotopic (exact) mass is 285 g/mol. The van der Waals surface area contributed by atoms with Crippen molar-refractivity contribution in [2.24, 2.45) is 5.92 Å². The molecule has 0 bridgehead atoms. The van der Waals surface area contributed by atoms with Crippen molar-refractivity contribution in [3.63, 3.8) is 0 Å². The second-order valence-corrected chi connectivity index (χ2v) is 5.98. The molecule has 0 aliphatic carbocycles. The largest absolute Gasteiger partial charge is 0.496 e. The lowest BCUT2D eigenvalue weighted by atomic mass is 9.93. The number of rotatable bonds is 7. The molecule has 2 heteroatoms. The van der Waals surface area contributed by atoms with Crippen LogP contribution in [-0.2, 0) is 0 Å². The van der Waals surface area contributed by atoms with Gasteiger partial charge in [0.2, 0.25) is 0 Å². The van der Waals surface area contributed by atoms with Crippen molar-refractivity contribution < 1.29 is 4.74 Å². The van der Waals surface area contributed by atoms with Gasteiger partial charge in [0.1, 0.15) is 5.75 Å². The molecule has 0 fully saturated rings. The Morgan fingerprint density at radius 1 is 1.00 bits per heavy atom. The molecule has 1 N–H and O–H groups in total. The van der Waals surface area contributed by atoms with Crippen molar-refractivity contribution in [3.05, 3.63) is 42.0 Å². The average Bonchev–Trinajstić information content (AvgIpc) is 2.50. The minimum absolute atomic E-state index is 0.410. The van der Waals surface area contributed by atoms with Gasteiger partial charge in [-0.2, -0.15) is 0 Å². The number of methoxy groups -OCH3 is 1. The summed E-state index contributed by atoms with van der Waals surface area (Å²) in [7, 11) is 1.74. The van der Waals surface area contributed by atoms with Crippen molar-refractivity contribution in [2.75, 3.05) is 13.7 Å². The van der Waals surface area contributed by atoms with Crippen LogP contribution in [0.5, 0.6) is 5.75 Å². The van der Waals surface area contributed by atoms with E-state index in [4.69, 9.17) is 4.74 Å². The number of fused-ring (bicyclic) bond motifs is 1.